The first-order valence-electron chi connectivity index (χ1n) is 8.89. The van der Waals surface area contributed by atoms with E-state index >= 15 is 0 Å². The number of nitrogens with zero attached hydrogens (tertiary/aromatic N) is 2. The molecule has 138 valence electrons. The van der Waals surface area contributed by atoms with Crippen LogP contribution in [0.15, 0.2) is 48.5 Å². The smallest absolute Gasteiger partial charge is 0.260 e. The van der Waals surface area contributed by atoms with E-state index in [2.05, 4.69) is 10.2 Å². The van der Waals surface area contributed by atoms with Gasteiger partial charge in [0, 0.05) is 41.4 Å². The summed E-state index contributed by atoms with van der Waals surface area (Å²) >= 11 is 6.12. The Morgan fingerprint density at radius 2 is 2.11 bits per heavy atom. The lowest BCUT2D eigenvalue weighted by molar-refractivity contribution is -0.134. The molecule has 0 unspecified atom stereocenters. The molecule has 1 amide bonds. The highest BCUT2D eigenvalue weighted by Crippen LogP contribution is 2.29. The summed E-state index contributed by atoms with van der Waals surface area (Å²) in [7, 11) is 0. The van der Waals surface area contributed by atoms with Crippen molar-refractivity contribution in [2.75, 3.05) is 13.2 Å². The lowest BCUT2D eigenvalue weighted by Crippen LogP contribution is -2.38. The molecule has 3 aromatic rings. The van der Waals surface area contributed by atoms with Gasteiger partial charge < -0.3 is 9.64 Å². The Bertz CT molecular complexity index is 983. The van der Waals surface area contributed by atoms with Gasteiger partial charge in [-0.15, -0.1) is 0 Å². The van der Waals surface area contributed by atoms with Gasteiger partial charge >= 0.3 is 0 Å². The topological polar surface area (TPSA) is 58.2 Å². The van der Waals surface area contributed by atoms with Gasteiger partial charge in [0.1, 0.15) is 5.75 Å². The van der Waals surface area contributed by atoms with E-state index in [-0.39, 0.29) is 12.5 Å². The minimum Gasteiger partial charge on any atom is -0.484 e. The number of ether oxygens (including phenoxy) is 1. The Morgan fingerprint density at radius 3 is 2.93 bits per heavy atom. The number of carbonyl (C=O) groups excluding carboxylic acids is 1. The average Bonchev–Trinajstić information content (AvgIpc) is 3.09. The molecule has 5 nitrogen and oxygen atoms in total. The maximum atomic E-state index is 12.6. The van der Waals surface area contributed by atoms with Gasteiger partial charge in [-0.05, 0) is 36.8 Å². The normalized spacial score (nSPS) is 13.3. The van der Waals surface area contributed by atoms with Crippen molar-refractivity contribution in [3.8, 4) is 17.0 Å². The summed E-state index contributed by atoms with van der Waals surface area (Å²) in [5.41, 5.74) is 5.03. The second kappa shape index (κ2) is 7.45. The molecule has 1 N–H and O–H groups in total. The molecule has 1 aliphatic heterocycles. The molecule has 6 heteroatoms. The van der Waals surface area contributed by atoms with Crippen molar-refractivity contribution in [1.29, 1.82) is 0 Å². The van der Waals surface area contributed by atoms with Crippen molar-refractivity contribution in [3.63, 3.8) is 0 Å². The van der Waals surface area contributed by atoms with E-state index < -0.39 is 0 Å². The Balaban J connectivity index is 1.47. The van der Waals surface area contributed by atoms with Gasteiger partial charge in [0.05, 0.1) is 5.69 Å². The number of amides is 1. The number of hydrogen-bond acceptors (Lipinski definition) is 3. The molecule has 2 aromatic carbocycles. The summed E-state index contributed by atoms with van der Waals surface area (Å²) in [5.74, 6) is 0.685. The molecule has 1 aliphatic rings. The van der Waals surface area contributed by atoms with Crippen molar-refractivity contribution >= 4 is 17.5 Å². The molecular formula is C21H20ClN3O2. The molecular weight excluding hydrogens is 362 g/mol. The molecule has 1 aromatic heterocycles. The second-order valence-electron chi connectivity index (χ2n) is 6.71. The van der Waals surface area contributed by atoms with Crippen LogP contribution in [0.3, 0.4) is 0 Å². The van der Waals surface area contributed by atoms with Gasteiger partial charge in [0.25, 0.3) is 5.91 Å². The number of nitrogens with one attached hydrogen (secondary N) is 1. The predicted octanol–water partition coefficient (Wildman–Crippen LogP) is 4.00. The maximum absolute atomic E-state index is 12.6. The number of benzene rings is 2. The average molecular weight is 382 g/mol. The molecule has 2 heterocycles. The van der Waals surface area contributed by atoms with Crippen LogP contribution in [-0.2, 0) is 17.8 Å². The first kappa shape index (κ1) is 17.6. The Hall–Kier alpha value is -2.79. The third kappa shape index (κ3) is 3.83. The number of hydrogen-bond donors (Lipinski definition) is 1. The minimum absolute atomic E-state index is 0.0274. The minimum atomic E-state index is -0.0274. The third-order valence-corrected chi connectivity index (χ3v) is 4.97. The number of halogens is 1. The molecule has 0 radical (unpaired) electrons. The highest BCUT2D eigenvalue weighted by molar-refractivity contribution is 6.30. The van der Waals surface area contributed by atoms with Crippen LogP contribution in [0, 0.1) is 6.92 Å². The fourth-order valence-corrected chi connectivity index (χ4v) is 3.51. The zero-order valence-corrected chi connectivity index (χ0v) is 15.8. The van der Waals surface area contributed by atoms with Crippen molar-refractivity contribution in [3.05, 3.63) is 70.4 Å². The maximum Gasteiger partial charge on any atom is 0.260 e. The Morgan fingerprint density at radius 1 is 1.26 bits per heavy atom. The molecule has 27 heavy (non-hydrogen) atoms. The SMILES string of the molecule is Cc1cccc(OCC(=O)N2CCc3[nH]nc(-c4cccc(Cl)c4)c3C2)c1. The van der Waals surface area contributed by atoms with Crippen molar-refractivity contribution in [1.82, 2.24) is 15.1 Å². The Kier molecular flexibility index (Phi) is 4.86. The van der Waals surface area contributed by atoms with Crippen molar-refractivity contribution in [2.24, 2.45) is 0 Å². The highest BCUT2D eigenvalue weighted by atomic mass is 35.5. The summed E-state index contributed by atoms with van der Waals surface area (Å²) in [6, 6.07) is 15.3. The number of aromatic amines is 1. The zero-order chi connectivity index (χ0) is 18.8. The van der Waals surface area contributed by atoms with Crippen LogP contribution >= 0.6 is 11.6 Å². The molecule has 4 rings (SSSR count). The molecule has 0 saturated carbocycles. The van der Waals surface area contributed by atoms with E-state index in [1.54, 1.807) is 0 Å². The quantitative estimate of drug-likeness (QED) is 0.743. The molecule has 0 bridgehead atoms. The summed E-state index contributed by atoms with van der Waals surface area (Å²) in [4.78, 5) is 14.5. The van der Waals surface area contributed by atoms with Gasteiger partial charge in [-0.2, -0.15) is 5.10 Å². The number of H-pyrrole nitrogens is 1. The largest absolute Gasteiger partial charge is 0.484 e. The molecule has 0 saturated heterocycles. The molecule has 0 atom stereocenters. The van der Waals surface area contributed by atoms with Crippen LogP contribution < -0.4 is 4.74 Å². The first-order valence-corrected chi connectivity index (χ1v) is 9.27. The second-order valence-corrected chi connectivity index (χ2v) is 7.15. The lowest BCUT2D eigenvalue weighted by Gasteiger charge is -2.27. The zero-order valence-electron chi connectivity index (χ0n) is 15.0. The van der Waals surface area contributed by atoms with Crippen LogP contribution in [0.4, 0.5) is 0 Å². The van der Waals surface area contributed by atoms with E-state index in [1.807, 2.05) is 60.4 Å². The summed E-state index contributed by atoms with van der Waals surface area (Å²) in [6.07, 6.45) is 0.749. The predicted molar refractivity (Wildman–Crippen MR) is 105 cm³/mol. The summed E-state index contributed by atoms with van der Waals surface area (Å²) < 4.78 is 5.67. The highest BCUT2D eigenvalue weighted by Gasteiger charge is 2.26. The van der Waals surface area contributed by atoms with Gasteiger partial charge in [-0.3, -0.25) is 9.89 Å². The van der Waals surface area contributed by atoms with Gasteiger partial charge in [0.15, 0.2) is 6.61 Å². The standard InChI is InChI=1S/C21H20ClN3O2/c1-14-4-2-7-17(10-14)27-13-20(26)25-9-8-19-18(12-25)21(24-23-19)15-5-3-6-16(22)11-15/h2-7,10-11H,8-9,12-13H2,1H3,(H,23,24). The first-order chi connectivity index (χ1) is 13.1. The molecule has 0 fully saturated rings. The molecule has 0 spiro atoms. The fraction of sp³-hybridized carbons (Fsp3) is 0.238. The lowest BCUT2D eigenvalue weighted by atomic mass is 10.0. The van der Waals surface area contributed by atoms with Crippen LogP contribution in [0.2, 0.25) is 5.02 Å². The number of carbonyl (C=O) groups is 1. The van der Waals surface area contributed by atoms with Crippen LogP contribution in [0.25, 0.3) is 11.3 Å². The van der Waals surface area contributed by atoms with Crippen LogP contribution in [0.1, 0.15) is 16.8 Å². The van der Waals surface area contributed by atoms with Gasteiger partial charge in [-0.25, -0.2) is 0 Å². The fourth-order valence-electron chi connectivity index (χ4n) is 3.32. The van der Waals surface area contributed by atoms with Gasteiger partial charge in [-0.1, -0.05) is 35.9 Å². The Labute approximate surface area is 162 Å². The third-order valence-electron chi connectivity index (χ3n) is 4.74. The van der Waals surface area contributed by atoms with E-state index in [0.29, 0.717) is 23.9 Å². The summed E-state index contributed by atoms with van der Waals surface area (Å²) in [6.45, 7) is 3.20. The van der Waals surface area contributed by atoms with E-state index in [1.165, 1.54) is 0 Å². The van der Waals surface area contributed by atoms with Crippen molar-refractivity contribution < 1.29 is 9.53 Å². The number of rotatable bonds is 4. The number of aromatic nitrogens is 2. The monoisotopic (exact) mass is 381 g/mol. The van der Waals surface area contributed by atoms with E-state index in [9.17, 15) is 4.79 Å². The van der Waals surface area contributed by atoms with E-state index in [4.69, 9.17) is 16.3 Å². The van der Waals surface area contributed by atoms with E-state index in [0.717, 1.165) is 34.5 Å². The van der Waals surface area contributed by atoms with Crippen LogP contribution in [0.5, 0.6) is 5.75 Å². The number of aryl methyl sites for hydroxylation is 1. The van der Waals surface area contributed by atoms with Crippen molar-refractivity contribution in [2.45, 2.75) is 19.9 Å². The van der Waals surface area contributed by atoms with Crippen LogP contribution in [-0.4, -0.2) is 34.2 Å². The summed E-state index contributed by atoms with van der Waals surface area (Å²) in [5, 5.41) is 8.23. The molecule has 0 aliphatic carbocycles. The van der Waals surface area contributed by atoms with Gasteiger partial charge in [0.2, 0.25) is 0 Å². The number of fused-ring (bicyclic) bond motifs is 1.